The Morgan fingerprint density at radius 3 is 2.61 bits per heavy atom. The molecule has 0 heterocycles. The van der Waals surface area contributed by atoms with E-state index >= 15 is 0 Å². The summed E-state index contributed by atoms with van der Waals surface area (Å²) < 4.78 is 0. The van der Waals surface area contributed by atoms with E-state index in [9.17, 15) is 5.11 Å². The van der Waals surface area contributed by atoms with Crippen molar-refractivity contribution in [2.75, 3.05) is 31.5 Å². The van der Waals surface area contributed by atoms with Crippen molar-refractivity contribution in [3.05, 3.63) is 28.8 Å². The van der Waals surface area contributed by atoms with E-state index in [-0.39, 0.29) is 6.10 Å². The van der Waals surface area contributed by atoms with Gasteiger partial charge in [-0.25, -0.2) is 0 Å². The number of halogens is 1. The first-order chi connectivity index (χ1) is 8.56. The minimum absolute atomic E-state index is 0.372. The highest BCUT2D eigenvalue weighted by atomic mass is 35.5. The van der Waals surface area contributed by atoms with E-state index in [4.69, 9.17) is 11.6 Å². The molecule has 0 radical (unpaired) electrons. The summed E-state index contributed by atoms with van der Waals surface area (Å²) in [5.74, 6) is 0. The van der Waals surface area contributed by atoms with E-state index in [2.05, 4.69) is 24.1 Å². The van der Waals surface area contributed by atoms with Crippen LogP contribution in [-0.2, 0) is 0 Å². The SMILES string of the molecule is CCN(CC)CC(O)CNc1cc(Cl)ccc1C. The second-order valence-corrected chi connectivity index (χ2v) is 4.92. The minimum Gasteiger partial charge on any atom is -0.390 e. The van der Waals surface area contributed by atoms with Crippen LogP contribution in [0.4, 0.5) is 5.69 Å². The van der Waals surface area contributed by atoms with Crippen molar-refractivity contribution in [3.63, 3.8) is 0 Å². The van der Waals surface area contributed by atoms with Crippen molar-refractivity contribution < 1.29 is 5.11 Å². The van der Waals surface area contributed by atoms with Crippen LogP contribution in [0.2, 0.25) is 5.02 Å². The third-order valence-corrected chi connectivity index (χ3v) is 3.33. The van der Waals surface area contributed by atoms with Crippen molar-refractivity contribution in [3.8, 4) is 0 Å². The molecule has 0 bridgehead atoms. The molecule has 0 amide bonds. The standard InChI is InChI=1S/C14H23ClN2O/c1-4-17(5-2)10-13(18)9-16-14-8-12(15)7-6-11(14)3/h6-8,13,16,18H,4-5,9-10H2,1-3H3. The molecule has 0 fully saturated rings. The van der Waals surface area contributed by atoms with Gasteiger partial charge in [-0.3, -0.25) is 0 Å². The third-order valence-electron chi connectivity index (χ3n) is 3.09. The zero-order valence-electron chi connectivity index (χ0n) is 11.4. The van der Waals surface area contributed by atoms with E-state index in [0.717, 1.165) is 24.3 Å². The maximum absolute atomic E-state index is 9.97. The summed E-state index contributed by atoms with van der Waals surface area (Å²) in [4.78, 5) is 2.21. The Labute approximate surface area is 115 Å². The van der Waals surface area contributed by atoms with Crippen LogP contribution < -0.4 is 5.32 Å². The fraction of sp³-hybridized carbons (Fsp3) is 0.571. The summed E-state index contributed by atoms with van der Waals surface area (Å²) in [6.07, 6.45) is -0.372. The highest BCUT2D eigenvalue weighted by Gasteiger charge is 2.09. The van der Waals surface area contributed by atoms with Crippen LogP contribution in [-0.4, -0.2) is 42.3 Å². The summed E-state index contributed by atoms with van der Waals surface area (Å²) in [5, 5.41) is 13.9. The Kier molecular flexibility index (Phi) is 6.47. The van der Waals surface area contributed by atoms with Gasteiger partial charge < -0.3 is 15.3 Å². The molecule has 1 aromatic rings. The van der Waals surface area contributed by atoms with Gasteiger partial charge in [-0.15, -0.1) is 0 Å². The number of aliphatic hydroxyl groups excluding tert-OH is 1. The molecule has 0 saturated heterocycles. The number of nitrogens with one attached hydrogen (secondary N) is 1. The molecule has 0 aliphatic heterocycles. The van der Waals surface area contributed by atoms with Gasteiger partial charge in [0.2, 0.25) is 0 Å². The number of nitrogens with zero attached hydrogens (tertiary/aromatic N) is 1. The van der Waals surface area contributed by atoms with E-state index in [1.165, 1.54) is 0 Å². The molecule has 102 valence electrons. The van der Waals surface area contributed by atoms with Crippen LogP contribution >= 0.6 is 11.6 Å². The van der Waals surface area contributed by atoms with Gasteiger partial charge >= 0.3 is 0 Å². The molecule has 3 nitrogen and oxygen atoms in total. The van der Waals surface area contributed by atoms with Gasteiger partial charge in [-0.05, 0) is 37.7 Å². The largest absolute Gasteiger partial charge is 0.390 e. The van der Waals surface area contributed by atoms with Gasteiger partial charge in [-0.1, -0.05) is 31.5 Å². The quantitative estimate of drug-likeness (QED) is 0.800. The molecule has 1 atom stereocenters. The van der Waals surface area contributed by atoms with Crippen LogP contribution in [0, 0.1) is 6.92 Å². The first-order valence-electron chi connectivity index (χ1n) is 6.47. The normalized spacial score (nSPS) is 12.8. The molecule has 0 aromatic heterocycles. The van der Waals surface area contributed by atoms with Crippen molar-refractivity contribution in [2.24, 2.45) is 0 Å². The summed E-state index contributed by atoms with van der Waals surface area (Å²) in [5.41, 5.74) is 2.12. The average molecular weight is 271 g/mol. The lowest BCUT2D eigenvalue weighted by Gasteiger charge is -2.22. The fourth-order valence-electron chi connectivity index (χ4n) is 1.86. The zero-order valence-corrected chi connectivity index (χ0v) is 12.2. The van der Waals surface area contributed by atoms with Gasteiger partial charge in [-0.2, -0.15) is 0 Å². The lowest BCUT2D eigenvalue weighted by Crippen LogP contribution is -2.36. The number of anilines is 1. The van der Waals surface area contributed by atoms with Crippen molar-refractivity contribution in [2.45, 2.75) is 26.9 Å². The van der Waals surface area contributed by atoms with Crippen molar-refractivity contribution in [1.82, 2.24) is 4.90 Å². The van der Waals surface area contributed by atoms with Crippen LogP contribution in [0.5, 0.6) is 0 Å². The number of rotatable bonds is 7. The molecule has 1 aromatic carbocycles. The number of hydrogen-bond acceptors (Lipinski definition) is 3. The molecule has 1 unspecified atom stereocenters. The Balaban J connectivity index is 2.46. The van der Waals surface area contributed by atoms with Crippen LogP contribution in [0.3, 0.4) is 0 Å². The summed E-state index contributed by atoms with van der Waals surface area (Å²) in [6, 6.07) is 5.73. The molecular weight excluding hydrogens is 248 g/mol. The van der Waals surface area contributed by atoms with Gasteiger partial charge in [0, 0.05) is 23.8 Å². The molecule has 18 heavy (non-hydrogen) atoms. The van der Waals surface area contributed by atoms with E-state index in [0.29, 0.717) is 18.1 Å². The third kappa shape index (κ3) is 4.84. The van der Waals surface area contributed by atoms with Crippen LogP contribution in [0.15, 0.2) is 18.2 Å². The fourth-order valence-corrected chi connectivity index (χ4v) is 2.03. The number of aliphatic hydroxyl groups is 1. The van der Waals surface area contributed by atoms with E-state index < -0.39 is 0 Å². The molecule has 1 rings (SSSR count). The second-order valence-electron chi connectivity index (χ2n) is 4.48. The maximum Gasteiger partial charge on any atom is 0.0839 e. The average Bonchev–Trinajstić information content (AvgIpc) is 2.37. The molecule has 0 aliphatic carbocycles. The topological polar surface area (TPSA) is 35.5 Å². The van der Waals surface area contributed by atoms with Crippen molar-refractivity contribution in [1.29, 1.82) is 0 Å². The number of benzene rings is 1. The Bertz CT molecular complexity index is 367. The number of hydrogen-bond donors (Lipinski definition) is 2. The molecule has 0 saturated carbocycles. The van der Waals surface area contributed by atoms with E-state index in [1.807, 2.05) is 25.1 Å². The lowest BCUT2D eigenvalue weighted by atomic mass is 10.2. The predicted molar refractivity (Wildman–Crippen MR) is 78.5 cm³/mol. The Morgan fingerprint density at radius 1 is 1.33 bits per heavy atom. The summed E-state index contributed by atoms with van der Waals surface area (Å²) >= 11 is 5.95. The van der Waals surface area contributed by atoms with Gasteiger partial charge in [0.05, 0.1) is 6.10 Å². The lowest BCUT2D eigenvalue weighted by molar-refractivity contribution is 0.128. The number of aryl methyl sites for hydroxylation is 1. The molecule has 0 aliphatic rings. The number of likely N-dealkylation sites (N-methyl/N-ethyl adjacent to an activating group) is 1. The van der Waals surface area contributed by atoms with E-state index in [1.54, 1.807) is 0 Å². The predicted octanol–water partition coefficient (Wildman–Crippen LogP) is 2.76. The highest BCUT2D eigenvalue weighted by molar-refractivity contribution is 6.30. The molecule has 0 spiro atoms. The smallest absolute Gasteiger partial charge is 0.0839 e. The minimum atomic E-state index is -0.372. The monoisotopic (exact) mass is 270 g/mol. The molecule has 4 heteroatoms. The van der Waals surface area contributed by atoms with Gasteiger partial charge in [0.25, 0.3) is 0 Å². The molecular formula is C14H23ClN2O. The Morgan fingerprint density at radius 2 is 2.00 bits per heavy atom. The first kappa shape index (κ1) is 15.3. The van der Waals surface area contributed by atoms with Gasteiger partial charge in [0.15, 0.2) is 0 Å². The maximum atomic E-state index is 9.97. The van der Waals surface area contributed by atoms with Crippen molar-refractivity contribution >= 4 is 17.3 Å². The molecule has 2 N–H and O–H groups in total. The zero-order chi connectivity index (χ0) is 13.5. The summed E-state index contributed by atoms with van der Waals surface area (Å²) in [6.45, 7) is 9.38. The second kappa shape index (κ2) is 7.62. The Hall–Kier alpha value is -0.770. The van der Waals surface area contributed by atoms with Crippen LogP contribution in [0.25, 0.3) is 0 Å². The highest BCUT2D eigenvalue weighted by Crippen LogP contribution is 2.19. The van der Waals surface area contributed by atoms with Crippen LogP contribution in [0.1, 0.15) is 19.4 Å². The summed E-state index contributed by atoms with van der Waals surface area (Å²) in [7, 11) is 0. The van der Waals surface area contributed by atoms with Gasteiger partial charge in [0.1, 0.15) is 0 Å². The first-order valence-corrected chi connectivity index (χ1v) is 6.85.